The third kappa shape index (κ3) is 6.57. The van der Waals surface area contributed by atoms with Crippen molar-refractivity contribution in [2.45, 2.75) is 68.8 Å². The number of hydrogen-bond donors (Lipinski definition) is 2. The van der Waals surface area contributed by atoms with Crippen LogP contribution in [-0.4, -0.2) is 51.2 Å². The molecule has 1 aromatic rings. The van der Waals surface area contributed by atoms with Crippen molar-refractivity contribution in [3.8, 4) is 0 Å². The molecule has 0 aliphatic heterocycles. The van der Waals surface area contributed by atoms with Gasteiger partial charge in [0.15, 0.2) is 0 Å². The van der Waals surface area contributed by atoms with Crippen molar-refractivity contribution in [2.75, 3.05) is 12.9 Å². The minimum atomic E-state index is -1.04. The number of pyridine rings is 1. The summed E-state index contributed by atoms with van der Waals surface area (Å²) in [6.07, 6.45) is 7.55. The second-order valence-electron chi connectivity index (χ2n) is 7.66. The predicted molar refractivity (Wildman–Crippen MR) is 109 cm³/mol. The van der Waals surface area contributed by atoms with E-state index in [1.807, 2.05) is 0 Å². The first-order chi connectivity index (χ1) is 13.3. The van der Waals surface area contributed by atoms with Crippen LogP contribution in [0.2, 0.25) is 0 Å². The molecule has 0 spiro atoms. The van der Waals surface area contributed by atoms with E-state index in [1.165, 1.54) is 18.9 Å². The van der Waals surface area contributed by atoms with E-state index in [4.69, 9.17) is 0 Å². The molecule has 1 fully saturated rings. The SMILES string of the molecule is COC(=O)CCCCCC[C@H]1C(=O)CC(O)[C@@H]1SCC(C)(O)c1ccncc1. The zero-order valence-corrected chi connectivity index (χ0v) is 17.5. The summed E-state index contributed by atoms with van der Waals surface area (Å²) < 4.78 is 4.63. The Hall–Kier alpha value is -1.44. The fraction of sp³-hybridized carbons (Fsp3) is 0.667. The molecule has 0 radical (unpaired) electrons. The highest BCUT2D eigenvalue weighted by Gasteiger charge is 2.42. The van der Waals surface area contributed by atoms with Crippen molar-refractivity contribution in [3.63, 3.8) is 0 Å². The van der Waals surface area contributed by atoms with E-state index in [2.05, 4.69) is 9.72 Å². The molecular weight excluding hydrogens is 378 g/mol. The zero-order valence-electron chi connectivity index (χ0n) is 16.7. The van der Waals surface area contributed by atoms with E-state index >= 15 is 0 Å². The van der Waals surface area contributed by atoms with Gasteiger partial charge in [-0.25, -0.2) is 0 Å². The van der Waals surface area contributed by atoms with E-state index in [0.29, 0.717) is 12.2 Å². The van der Waals surface area contributed by atoms with Gasteiger partial charge in [0.05, 0.1) is 18.8 Å². The van der Waals surface area contributed by atoms with Gasteiger partial charge in [-0.05, 0) is 37.5 Å². The number of Topliss-reactive ketones (excluding diaryl/α,β-unsaturated/α-hetero) is 1. The quantitative estimate of drug-likeness (QED) is 0.428. The molecule has 7 heteroatoms. The highest BCUT2D eigenvalue weighted by atomic mass is 32.2. The van der Waals surface area contributed by atoms with Crippen LogP contribution in [0.1, 0.15) is 57.4 Å². The summed E-state index contributed by atoms with van der Waals surface area (Å²) in [5.74, 6) is 0.158. The maximum Gasteiger partial charge on any atom is 0.305 e. The molecule has 0 bridgehead atoms. The third-order valence-corrected chi connectivity index (χ3v) is 7.09. The maximum absolute atomic E-state index is 12.3. The molecule has 1 aliphatic rings. The first kappa shape index (κ1) is 22.8. The van der Waals surface area contributed by atoms with E-state index < -0.39 is 11.7 Å². The van der Waals surface area contributed by atoms with E-state index in [0.717, 1.165) is 37.7 Å². The molecule has 156 valence electrons. The van der Waals surface area contributed by atoms with Crippen molar-refractivity contribution >= 4 is 23.5 Å². The van der Waals surface area contributed by atoms with Gasteiger partial charge in [0.1, 0.15) is 5.78 Å². The molecular formula is C21H31NO5S. The van der Waals surface area contributed by atoms with Crippen molar-refractivity contribution in [1.29, 1.82) is 0 Å². The Morgan fingerprint density at radius 3 is 2.64 bits per heavy atom. The molecule has 2 unspecified atom stereocenters. The number of thioether (sulfide) groups is 1. The Morgan fingerprint density at radius 2 is 1.96 bits per heavy atom. The Morgan fingerprint density at radius 1 is 1.29 bits per heavy atom. The number of ketones is 1. The summed E-state index contributed by atoms with van der Waals surface area (Å²) in [5.41, 5.74) is -0.270. The third-order valence-electron chi connectivity index (χ3n) is 5.33. The van der Waals surface area contributed by atoms with Crippen molar-refractivity contribution in [1.82, 2.24) is 4.98 Å². The van der Waals surface area contributed by atoms with Crippen LogP contribution in [0.4, 0.5) is 0 Å². The second kappa shape index (κ2) is 10.9. The zero-order chi connectivity index (χ0) is 20.6. The molecule has 1 aliphatic carbocycles. The van der Waals surface area contributed by atoms with Gasteiger partial charge in [0.25, 0.3) is 0 Å². The largest absolute Gasteiger partial charge is 0.469 e. The van der Waals surface area contributed by atoms with Crippen LogP contribution >= 0.6 is 11.8 Å². The van der Waals surface area contributed by atoms with Gasteiger partial charge in [-0.2, -0.15) is 11.8 Å². The number of ether oxygens (including phenoxy) is 1. The molecule has 6 nitrogen and oxygen atoms in total. The highest BCUT2D eigenvalue weighted by Crippen LogP contribution is 2.39. The fourth-order valence-corrected chi connectivity index (χ4v) is 5.14. The van der Waals surface area contributed by atoms with Gasteiger partial charge in [0.2, 0.25) is 0 Å². The van der Waals surface area contributed by atoms with Crippen LogP contribution in [0.3, 0.4) is 0 Å². The summed E-state index contributed by atoms with van der Waals surface area (Å²) in [7, 11) is 1.39. The molecule has 0 aromatic carbocycles. The number of carbonyl (C=O) groups excluding carboxylic acids is 2. The van der Waals surface area contributed by atoms with Crippen LogP contribution < -0.4 is 0 Å². The normalized spacial score (nSPS) is 24.1. The number of rotatable bonds is 11. The number of aliphatic hydroxyl groups is 2. The number of unbranched alkanes of at least 4 members (excludes halogenated alkanes) is 3. The van der Waals surface area contributed by atoms with Crippen LogP contribution in [-0.2, 0) is 19.9 Å². The van der Waals surface area contributed by atoms with Crippen LogP contribution in [0.25, 0.3) is 0 Å². The minimum absolute atomic E-state index is 0.114. The Labute approximate surface area is 171 Å². The summed E-state index contributed by atoms with van der Waals surface area (Å²) in [6, 6.07) is 3.56. The number of carbonyl (C=O) groups is 2. The van der Waals surface area contributed by atoms with Crippen LogP contribution in [0, 0.1) is 5.92 Å². The smallest absolute Gasteiger partial charge is 0.305 e. The highest BCUT2D eigenvalue weighted by molar-refractivity contribution is 8.00. The summed E-state index contributed by atoms with van der Waals surface area (Å²) in [6.45, 7) is 1.74. The average molecular weight is 410 g/mol. The van der Waals surface area contributed by atoms with Crippen molar-refractivity contribution in [2.24, 2.45) is 5.92 Å². The van der Waals surface area contributed by atoms with E-state index in [-0.39, 0.29) is 29.3 Å². The Kier molecular flexibility index (Phi) is 8.92. The molecule has 0 saturated heterocycles. The number of nitrogens with zero attached hydrogens (tertiary/aromatic N) is 1. The van der Waals surface area contributed by atoms with Gasteiger partial charge in [0, 0.05) is 42.2 Å². The lowest BCUT2D eigenvalue weighted by Gasteiger charge is -2.27. The average Bonchev–Trinajstić information content (AvgIpc) is 2.96. The summed E-state index contributed by atoms with van der Waals surface area (Å²) >= 11 is 1.48. The monoisotopic (exact) mass is 409 g/mol. The number of aromatic nitrogens is 1. The summed E-state index contributed by atoms with van der Waals surface area (Å²) in [5, 5.41) is 20.9. The van der Waals surface area contributed by atoms with E-state index in [9.17, 15) is 19.8 Å². The van der Waals surface area contributed by atoms with Gasteiger partial charge in [-0.1, -0.05) is 19.3 Å². The molecule has 1 saturated carbocycles. The molecule has 1 heterocycles. The van der Waals surface area contributed by atoms with Crippen LogP contribution in [0.15, 0.2) is 24.5 Å². The number of esters is 1. The summed E-state index contributed by atoms with van der Waals surface area (Å²) in [4.78, 5) is 27.4. The first-order valence-electron chi connectivity index (χ1n) is 9.87. The van der Waals surface area contributed by atoms with E-state index in [1.54, 1.807) is 31.5 Å². The number of aliphatic hydroxyl groups excluding tert-OH is 1. The maximum atomic E-state index is 12.3. The van der Waals surface area contributed by atoms with Crippen LogP contribution in [0.5, 0.6) is 0 Å². The Bertz CT molecular complexity index is 637. The fourth-order valence-electron chi connectivity index (χ4n) is 3.62. The lowest BCUT2D eigenvalue weighted by molar-refractivity contribution is -0.140. The Balaban J connectivity index is 1.81. The van der Waals surface area contributed by atoms with Gasteiger partial charge < -0.3 is 14.9 Å². The van der Waals surface area contributed by atoms with Crippen molar-refractivity contribution in [3.05, 3.63) is 30.1 Å². The topological polar surface area (TPSA) is 96.7 Å². The second-order valence-corrected chi connectivity index (χ2v) is 8.83. The predicted octanol–water partition coefficient (Wildman–Crippen LogP) is 2.85. The first-order valence-corrected chi connectivity index (χ1v) is 10.9. The molecule has 28 heavy (non-hydrogen) atoms. The molecule has 2 rings (SSSR count). The molecule has 2 N–H and O–H groups in total. The van der Waals surface area contributed by atoms with Crippen molar-refractivity contribution < 1.29 is 24.5 Å². The lowest BCUT2D eigenvalue weighted by Crippen LogP contribution is -2.30. The molecule has 1 aromatic heterocycles. The molecule has 4 atom stereocenters. The van der Waals surface area contributed by atoms with Gasteiger partial charge in [-0.15, -0.1) is 0 Å². The number of hydrogen-bond acceptors (Lipinski definition) is 7. The lowest BCUT2D eigenvalue weighted by atomic mass is 9.98. The standard InChI is InChI=1S/C21H31NO5S/c1-21(26,15-9-11-22-12-10-15)14-28-20-16(17(23)13-18(20)24)7-5-3-4-6-8-19(25)27-2/h9-12,16,18,20,24,26H,3-8,13-14H2,1-2H3/t16-,18?,20+,21?/m0/s1. The van der Waals surface area contributed by atoms with Gasteiger partial charge >= 0.3 is 5.97 Å². The number of methoxy groups -OCH3 is 1. The molecule has 0 amide bonds. The van der Waals surface area contributed by atoms with Gasteiger partial charge in [-0.3, -0.25) is 14.6 Å². The minimum Gasteiger partial charge on any atom is -0.469 e.